The Kier molecular flexibility index (Phi) is 4.32. The minimum absolute atomic E-state index is 0.0303. The lowest BCUT2D eigenvalue weighted by atomic mass is 10.2. The van der Waals surface area contributed by atoms with E-state index in [4.69, 9.17) is 0 Å². The van der Waals surface area contributed by atoms with Gasteiger partial charge >= 0.3 is 0 Å². The van der Waals surface area contributed by atoms with Crippen LogP contribution in [-0.4, -0.2) is 50.5 Å². The van der Waals surface area contributed by atoms with E-state index in [1.807, 2.05) is 0 Å². The van der Waals surface area contributed by atoms with E-state index in [2.05, 4.69) is 5.32 Å². The van der Waals surface area contributed by atoms with E-state index in [9.17, 15) is 18.0 Å². The van der Waals surface area contributed by atoms with Crippen molar-refractivity contribution in [1.29, 1.82) is 0 Å². The predicted octanol–water partition coefficient (Wildman–Crippen LogP) is 0.441. The minimum Gasteiger partial charge on any atom is -0.347 e. The van der Waals surface area contributed by atoms with Crippen LogP contribution in [0.3, 0.4) is 0 Å². The zero-order valence-electron chi connectivity index (χ0n) is 12.0. The van der Waals surface area contributed by atoms with Crippen molar-refractivity contribution in [2.24, 2.45) is 0 Å². The summed E-state index contributed by atoms with van der Waals surface area (Å²) in [6.45, 7) is 1.97. The van der Waals surface area contributed by atoms with Crippen LogP contribution >= 0.6 is 0 Å². The first kappa shape index (κ1) is 15.5. The third-order valence-corrected chi connectivity index (χ3v) is 5.31. The molecule has 0 unspecified atom stereocenters. The Morgan fingerprint density at radius 3 is 2.62 bits per heavy atom. The van der Waals surface area contributed by atoms with Gasteiger partial charge in [-0.15, -0.1) is 0 Å². The topological polar surface area (TPSA) is 83.5 Å². The normalized spacial score (nSPS) is 18.9. The van der Waals surface area contributed by atoms with Crippen molar-refractivity contribution in [3.05, 3.63) is 29.8 Å². The number of carbonyl (C=O) groups excluding carboxylic acids is 2. The second-order valence-electron chi connectivity index (χ2n) is 5.05. The van der Waals surface area contributed by atoms with Crippen molar-refractivity contribution in [3.63, 3.8) is 0 Å². The van der Waals surface area contributed by atoms with Crippen LogP contribution in [0.5, 0.6) is 0 Å². The highest BCUT2D eigenvalue weighted by Gasteiger charge is 2.29. The molecule has 114 valence electrons. The van der Waals surface area contributed by atoms with Gasteiger partial charge in [0.1, 0.15) is 0 Å². The number of nitrogens with zero attached hydrogens (tertiary/aromatic N) is 1. The Hall–Kier alpha value is -1.89. The molecule has 0 bridgehead atoms. The molecule has 0 spiro atoms. The van der Waals surface area contributed by atoms with Gasteiger partial charge in [-0.1, -0.05) is 19.1 Å². The SMILES string of the molecule is CCS(=O)(=O)c1ccccc1C(=O)N[C@@H]1CC(=O)N(C)C1. The Balaban J connectivity index is 2.23. The summed E-state index contributed by atoms with van der Waals surface area (Å²) in [5.74, 6) is -0.562. The number of likely N-dealkylation sites (N-methyl/N-ethyl adjacent to an activating group) is 1. The number of hydrogen-bond acceptors (Lipinski definition) is 4. The van der Waals surface area contributed by atoms with Gasteiger partial charge in [0.2, 0.25) is 5.91 Å². The van der Waals surface area contributed by atoms with Crippen LogP contribution in [0.2, 0.25) is 0 Å². The van der Waals surface area contributed by atoms with Crippen LogP contribution in [0, 0.1) is 0 Å². The van der Waals surface area contributed by atoms with Gasteiger partial charge in [0.05, 0.1) is 22.3 Å². The number of sulfone groups is 1. The van der Waals surface area contributed by atoms with E-state index in [0.29, 0.717) is 6.54 Å². The lowest BCUT2D eigenvalue weighted by Gasteiger charge is -2.14. The van der Waals surface area contributed by atoms with Crippen molar-refractivity contribution in [2.45, 2.75) is 24.3 Å². The molecule has 7 heteroatoms. The van der Waals surface area contributed by atoms with E-state index < -0.39 is 15.7 Å². The molecule has 21 heavy (non-hydrogen) atoms. The van der Waals surface area contributed by atoms with Crippen LogP contribution in [0.1, 0.15) is 23.7 Å². The molecule has 2 rings (SSSR count). The second kappa shape index (κ2) is 5.85. The summed E-state index contributed by atoms with van der Waals surface area (Å²) in [5, 5.41) is 2.73. The number of likely N-dealkylation sites (tertiary alicyclic amines) is 1. The summed E-state index contributed by atoms with van der Waals surface area (Å²) in [5.41, 5.74) is 0.126. The molecule has 6 nitrogen and oxygen atoms in total. The van der Waals surface area contributed by atoms with Gasteiger partial charge < -0.3 is 10.2 Å². The fourth-order valence-electron chi connectivity index (χ4n) is 2.30. The van der Waals surface area contributed by atoms with Gasteiger partial charge in [0.25, 0.3) is 5.91 Å². The zero-order valence-corrected chi connectivity index (χ0v) is 12.8. The Bertz CT molecular complexity index is 669. The van der Waals surface area contributed by atoms with Gasteiger partial charge in [-0.3, -0.25) is 9.59 Å². The molecule has 1 aliphatic heterocycles. The Morgan fingerprint density at radius 1 is 1.38 bits per heavy atom. The molecule has 0 aromatic heterocycles. The predicted molar refractivity (Wildman–Crippen MR) is 77.7 cm³/mol. The maximum absolute atomic E-state index is 12.3. The lowest BCUT2D eigenvalue weighted by Crippen LogP contribution is -2.37. The summed E-state index contributed by atoms with van der Waals surface area (Å²) in [4.78, 5) is 25.3. The van der Waals surface area contributed by atoms with Gasteiger partial charge in [-0.25, -0.2) is 8.42 Å². The Morgan fingerprint density at radius 2 is 2.05 bits per heavy atom. The number of amides is 2. The molecule has 1 saturated heterocycles. The minimum atomic E-state index is -3.47. The summed E-state index contributed by atoms with van der Waals surface area (Å²) in [7, 11) is -1.80. The quantitative estimate of drug-likeness (QED) is 0.875. The summed E-state index contributed by atoms with van der Waals surface area (Å²) >= 11 is 0. The summed E-state index contributed by atoms with van der Waals surface area (Å²) in [6.07, 6.45) is 0.241. The van der Waals surface area contributed by atoms with Gasteiger partial charge in [0, 0.05) is 20.0 Å². The molecule has 0 saturated carbocycles. The lowest BCUT2D eigenvalue weighted by molar-refractivity contribution is -0.126. The van der Waals surface area contributed by atoms with Crippen LogP contribution in [0.15, 0.2) is 29.2 Å². The number of carbonyl (C=O) groups is 2. The maximum Gasteiger partial charge on any atom is 0.252 e. The van der Waals surface area contributed by atoms with Gasteiger partial charge in [0.15, 0.2) is 9.84 Å². The highest BCUT2D eigenvalue weighted by Crippen LogP contribution is 2.18. The van der Waals surface area contributed by atoms with Crippen molar-refractivity contribution < 1.29 is 18.0 Å². The third kappa shape index (κ3) is 3.24. The smallest absolute Gasteiger partial charge is 0.252 e. The maximum atomic E-state index is 12.3. The van der Waals surface area contributed by atoms with Crippen LogP contribution in [0.4, 0.5) is 0 Å². The van der Waals surface area contributed by atoms with Crippen molar-refractivity contribution in [1.82, 2.24) is 10.2 Å². The van der Waals surface area contributed by atoms with Crippen molar-refractivity contribution in [2.75, 3.05) is 19.3 Å². The fraction of sp³-hybridized carbons (Fsp3) is 0.429. The zero-order chi connectivity index (χ0) is 15.6. The van der Waals surface area contributed by atoms with Gasteiger partial charge in [-0.2, -0.15) is 0 Å². The molecule has 1 aliphatic rings. The highest BCUT2D eigenvalue weighted by atomic mass is 32.2. The van der Waals surface area contributed by atoms with Crippen molar-refractivity contribution in [3.8, 4) is 0 Å². The Labute approximate surface area is 124 Å². The largest absolute Gasteiger partial charge is 0.347 e. The van der Waals surface area contributed by atoms with Crippen LogP contribution < -0.4 is 5.32 Å². The molecule has 0 aliphatic carbocycles. The standard InChI is InChI=1S/C14H18N2O4S/c1-3-21(19,20)12-7-5-4-6-11(12)14(18)15-10-8-13(17)16(2)9-10/h4-7,10H,3,8-9H2,1-2H3,(H,15,18)/t10-/m1/s1. The first-order chi connectivity index (χ1) is 9.85. The number of hydrogen-bond donors (Lipinski definition) is 1. The molecular weight excluding hydrogens is 292 g/mol. The van der Waals surface area contributed by atoms with E-state index in [0.717, 1.165) is 0 Å². The highest BCUT2D eigenvalue weighted by molar-refractivity contribution is 7.91. The molecular formula is C14H18N2O4S. The summed E-state index contributed by atoms with van der Waals surface area (Å²) < 4.78 is 24.1. The van der Waals surface area contributed by atoms with Gasteiger partial charge in [-0.05, 0) is 12.1 Å². The van der Waals surface area contributed by atoms with E-state index in [-0.39, 0.29) is 34.6 Å². The number of nitrogens with one attached hydrogen (secondary N) is 1. The van der Waals surface area contributed by atoms with E-state index in [1.54, 1.807) is 24.1 Å². The molecule has 2 amide bonds. The molecule has 1 heterocycles. The average molecular weight is 310 g/mol. The molecule has 1 N–H and O–H groups in total. The van der Waals surface area contributed by atoms with E-state index in [1.165, 1.54) is 19.1 Å². The van der Waals surface area contributed by atoms with Crippen LogP contribution in [-0.2, 0) is 14.6 Å². The summed E-state index contributed by atoms with van der Waals surface area (Å²) in [6, 6.07) is 5.84. The first-order valence-electron chi connectivity index (χ1n) is 6.71. The molecule has 1 atom stereocenters. The number of benzene rings is 1. The molecule has 1 aromatic carbocycles. The first-order valence-corrected chi connectivity index (χ1v) is 8.37. The number of rotatable bonds is 4. The van der Waals surface area contributed by atoms with E-state index >= 15 is 0 Å². The molecule has 0 radical (unpaired) electrons. The van der Waals surface area contributed by atoms with Crippen LogP contribution in [0.25, 0.3) is 0 Å². The third-order valence-electron chi connectivity index (χ3n) is 3.52. The molecule has 1 aromatic rings. The average Bonchev–Trinajstić information content (AvgIpc) is 2.77. The van der Waals surface area contributed by atoms with Crippen molar-refractivity contribution >= 4 is 21.7 Å². The fourth-order valence-corrected chi connectivity index (χ4v) is 3.40. The monoisotopic (exact) mass is 310 g/mol. The molecule has 1 fully saturated rings. The second-order valence-corrected chi connectivity index (χ2v) is 7.30.